The Morgan fingerprint density at radius 2 is 1.97 bits per heavy atom. The Kier molecular flexibility index (Phi) is 7.86. The Bertz CT molecular complexity index is 1270. The van der Waals surface area contributed by atoms with Crippen molar-refractivity contribution in [2.24, 2.45) is 5.10 Å². The molecule has 7 nitrogen and oxygen atoms in total. The van der Waals surface area contributed by atoms with Gasteiger partial charge in [-0.3, -0.25) is 4.79 Å². The van der Waals surface area contributed by atoms with Crippen molar-refractivity contribution in [3.8, 4) is 17.6 Å². The van der Waals surface area contributed by atoms with Crippen molar-refractivity contribution in [1.82, 2.24) is 9.66 Å². The van der Waals surface area contributed by atoms with Gasteiger partial charge in [-0.05, 0) is 63.0 Å². The van der Waals surface area contributed by atoms with Gasteiger partial charge in [0.1, 0.15) is 11.9 Å². The molecular formula is C21H17Br3N4O3. The topological polar surface area (TPSA) is 89.5 Å². The Morgan fingerprint density at radius 1 is 1.19 bits per heavy atom. The van der Waals surface area contributed by atoms with Gasteiger partial charge in [-0.1, -0.05) is 22.9 Å². The van der Waals surface area contributed by atoms with Crippen LogP contribution in [0.4, 0.5) is 0 Å². The van der Waals surface area contributed by atoms with Crippen LogP contribution in [0, 0.1) is 11.3 Å². The Balaban J connectivity index is 2.13. The molecule has 1 aromatic heterocycles. The predicted molar refractivity (Wildman–Crippen MR) is 130 cm³/mol. The third kappa shape index (κ3) is 5.00. The van der Waals surface area contributed by atoms with Gasteiger partial charge in [-0.15, -0.1) is 0 Å². The lowest BCUT2D eigenvalue weighted by atomic mass is 10.2. The number of fused-ring (bicyclic) bond motifs is 1. The average Bonchev–Trinajstić information content (AvgIpc) is 2.76. The number of halogens is 3. The van der Waals surface area contributed by atoms with Crippen LogP contribution in [0.2, 0.25) is 0 Å². The highest BCUT2D eigenvalue weighted by molar-refractivity contribution is 9.13. The number of hydrogen-bond donors (Lipinski definition) is 0. The van der Waals surface area contributed by atoms with Crippen LogP contribution in [-0.2, 0) is 6.42 Å². The van der Waals surface area contributed by atoms with Crippen LogP contribution in [0.5, 0.6) is 11.5 Å². The van der Waals surface area contributed by atoms with Crippen molar-refractivity contribution in [3.05, 3.63) is 59.4 Å². The van der Waals surface area contributed by atoms with Crippen LogP contribution in [0.25, 0.3) is 10.9 Å². The van der Waals surface area contributed by atoms with E-state index in [4.69, 9.17) is 14.7 Å². The van der Waals surface area contributed by atoms with E-state index in [1.165, 1.54) is 4.68 Å². The first-order valence-corrected chi connectivity index (χ1v) is 11.7. The largest absolute Gasteiger partial charge is 0.490 e. The second-order valence-electron chi connectivity index (χ2n) is 6.21. The Morgan fingerprint density at radius 3 is 2.65 bits per heavy atom. The highest BCUT2D eigenvalue weighted by Gasteiger charge is 2.17. The zero-order valence-electron chi connectivity index (χ0n) is 16.7. The minimum Gasteiger partial charge on any atom is -0.490 e. The SMILES string of the molecule is CCOc1cc(C=Nn2c(CC)nc3ccc(Br)cc3c2=O)c(Br)c(Br)c1OCC#N. The lowest BCUT2D eigenvalue weighted by molar-refractivity contribution is 0.297. The molecule has 160 valence electrons. The van der Waals surface area contributed by atoms with Crippen molar-refractivity contribution >= 4 is 64.9 Å². The summed E-state index contributed by atoms with van der Waals surface area (Å²) in [5.74, 6) is 1.42. The fourth-order valence-electron chi connectivity index (χ4n) is 2.86. The predicted octanol–water partition coefficient (Wildman–Crippen LogP) is 5.43. The molecule has 0 fully saturated rings. The lowest BCUT2D eigenvalue weighted by Gasteiger charge is -2.15. The molecule has 0 atom stereocenters. The first kappa shape index (κ1) is 23.4. The fraction of sp³-hybridized carbons (Fsp3) is 0.238. The smallest absolute Gasteiger partial charge is 0.282 e. The summed E-state index contributed by atoms with van der Waals surface area (Å²) in [6.07, 6.45) is 2.09. The molecule has 0 saturated carbocycles. The molecule has 3 aromatic rings. The van der Waals surface area contributed by atoms with Crippen LogP contribution in [0.1, 0.15) is 25.2 Å². The van der Waals surface area contributed by atoms with E-state index in [-0.39, 0.29) is 12.2 Å². The normalized spacial score (nSPS) is 11.1. The summed E-state index contributed by atoms with van der Waals surface area (Å²) in [4.78, 5) is 17.6. The van der Waals surface area contributed by atoms with Gasteiger partial charge in [0.05, 0.1) is 28.2 Å². The molecule has 0 saturated heterocycles. The maximum absolute atomic E-state index is 13.1. The van der Waals surface area contributed by atoms with E-state index >= 15 is 0 Å². The molecule has 0 unspecified atom stereocenters. The maximum Gasteiger partial charge on any atom is 0.282 e. The number of aromatic nitrogens is 2. The van der Waals surface area contributed by atoms with Gasteiger partial charge >= 0.3 is 0 Å². The summed E-state index contributed by atoms with van der Waals surface area (Å²) in [6, 6.07) is 9.06. The highest BCUT2D eigenvalue weighted by Crippen LogP contribution is 2.42. The van der Waals surface area contributed by atoms with Gasteiger partial charge < -0.3 is 9.47 Å². The van der Waals surface area contributed by atoms with Gasteiger partial charge in [0.25, 0.3) is 5.56 Å². The Labute approximate surface area is 204 Å². The van der Waals surface area contributed by atoms with Crippen molar-refractivity contribution in [1.29, 1.82) is 5.26 Å². The van der Waals surface area contributed by atoms with Gasteiger partial charge in [0.2, 0.25) is 0 Å². The molecule has 0 aliphatic heterocycles. The summed E-state index contributed by atoms with van der Waals surface area (Å²) in [7, 11) is 0. The summed E-state index contributed by atoms with van der Waals surface area (Å²) >= 11 is 10.4. The molecule has 2 aromatic carbocycles. The third-order valence-electron chi connectivity index (χ3n) is 4.24. The van der Waals surface area contributed by atoms with Crippen LogP contribution in [0.15, 0.2) is 47.6 Å². The zero-order valence-corrected chi connectivity index (χ0v) is 21.4. The van der Waals surface area contributed by atoms with Gasteiger partial charge in [0.15, 0.2) is 18.1 Å². The molecule has 1 heterocycles. The molecule has 3 rings (SSSR count). The van der Waals surface area contributed by atoms with E-state index in [2.05, 4.69) is 57.9 Å². The zero-order chi connectivity index (χ0) is 22.5. The van der Waals surface area contributed by atoms with Crippen LogP contribution < -0.4 is 15.0 Å². The van der Waals surface area contributed by atoms with Crippen molar-refractivity contribution in [3.63, 3.8) is 0 Å². The standard InChI is InChI=1S/C21H17Br3N4O3/c1-3-17-27-15-6-5-13(22)10-14(15)21(29)28(17)26-11-12-9-16(30-4-2)20(31-8-7-25)19(24)18(12)23/h5-6,9-11H,3-4,8H2,1-2H3. The number of aryl methyl sites for hydroxylation is 1. The quantitative estimate of drug-likeness (QED) is 0.332. The van der Waals surface area contributed by atoms with E-state index < -0.39 is 0 Å². The van der Waals surface area contributed by atoms with E-state index in [0.29, 0.717) is 55.8 Å². The van der Waals surface area contributed by atoms with Crippen molar-refractivity contribution < 1.29 is 9.47 Å². The molecule has 0 amide bonds. The molecule has 10 heteroatoms. The number of ether oxygens (including phenoxy) is 2. The van der Waals surface area contributed by atoms with E-state index in [1.807, 2.05) is 26.0 Å². The minimum atomic E-state index is -0.256. The van der Waals surface area contributed by atoms with Crippen LogP contribution in [0.3, 0.4) is 0 Å². The average molecular weight is 613 g/mol. The molecule has 0 spiro atoms. The summed E-state index contributed by atoms with van der Waals surface area (Å²) in [5, 5.41) is 13.7. The molecule has 0 aliphatic carbocycles. The molecule has 31 heavy (non-hydrogen) atoms. The van der Waals surface area contributed by atoms with E-state index in [1.54, 1.807) is 24.4 Å². The fourth-order valence-corrected chi connectivity index (χ4v) is 4.16. The van der Waals surface area contributed by atoms with E-state index in [9.17, 15) is 4.79 Å². The number of rotatable bonds is 7. The molecule has 0 aliphatic rings. The monoisotopic (exact) mass is 610 g/mol. The van der Waals surface area contributed by atoms with Crippen molar-refractivity contribution in [2.45, 2.75) is 20.3 Å². The molecule has 0 bridgehead atoms. The first-order chi connectivity index (χ1) is 14.9. The molecular weight excluding hydrogens is 596 g/mol. The van der Waals surface area contributed by atoms with Crippen LogP contribution in [-0.4, -0.2) is 29.1 Å². The van der Waals surface area contributed by atoms with Gasteiger partial charge in [-0.2, -0.15) is 15.0 Å². The third-order valence-corrected chi connectivity index (χ3v) is 6.88. The number of nitriles is 1. The minimum absolute atomic E-state index is 0.119. The van der Waals surface area contributed by atoms with Crippen molar-refractivity contribution in [2.75, 3.05) is 13.2 Å². The van der Waals surface area contributed by atoms with E-state index in [0.717, 1.165) is 4.47 Å². The summed E-state index contributed by atoms with van der Waals surface area (Å²) in [5.41, 5.74) is 1.02. The second kappa shape index (κ2) is 10.4. The van der Waals surface area contributed by atoms with Gasteiger partial charge in [-0.25, -0.2) is 4.98 Å². The second-order valence-corrected chi connectivity index (χ2v) is 8.71. The summed E-state index contributed by atoms with van der Waals surface area (Å²) in [6.45, 7) is 4.06. The number of nitrogens with zero attached hydrogens (tertiary/aromatic N) is 4. The first-order valence-electron chi connectivity index (χ1n) is 9.31. The highest BCUT2D eigenvalue weighted by atomic mass is 79.9. The molecule has 0 radical (unpaired) electrons. The summed E-state index contributed by atoms with van der Waals surface area (Å²) < 4.78 is 14.5. The lowest BCUT2D eigenvalue weighted by Crippen LogP contribution is -2.22. The van der Waals surface area contributed by atoms with Crippen LogP contribution >= 0.6 is 47.8 Å². The maximum atomic E-state index is 13.1. The van der Waals surface area contributed by atoms with Gasteiger partial charge in [0, 0.05) is 20.9 Å². The number of hydrogen-bond acceptors (Lipinski definition) is 6. The Hall–Kier alpha value is -2.22. The molecule has 0 N–H and O–H groups in total. The number of benzene rings is 2.